The van der Waals surface area contributed by atoms with E-state index in [1.807, 2.05) is 0 Å². The molecule has 0 spiro atoms. The van der Waals surface area contributed by atoms with E-state index in [-0.39, 0.29) is 42.6 Å². The van der Waals surface area contributed by atoms with Gasteiger partial charge in [-0.1, -0.05) is 6.07 Å². The van der Waals surface area contributed by atoms with Gasteiger partial charge in [0, 0.05) is 18.3 Å². The van der Waals surface area contributed by atoms with Crippen LogP contribution in [-0.2, 0) is 11.3 Å². The van der Waals surface area contributed by atoms with E-state index in [1.54, 1.807) is 18.3 Å². The second-order valence-corrected chi connectivity index (χ2v) is 6.73. The first-order valence-electron chi connectivity index (χ1n) is 8.47. The first-order chi connectivity index (χ1) is 11.1. The first kappa shape index (κ1) is 19.0. The molecular weight excluding hydrogens is 330 g/mol. The summed E-state index contributed by atoms with van der Waals surface area (Å²) in [5.74, 6) is 0.679. The molecule has 1 aliphatic heterocycles. The van der Waals surface area contributed by atoms with Crippen LogP contribution in [0, 0.1) is 11.8 Å². The zero-order chi connectivity index (χ0) is 16.2. The maximum Gasteiger partial charge on any atom is 0.250 e. The molecule has 3 N–H and O–H groups in total. The monoisotopic (exact) mass is 355 g/mol. The molecule has 2 heterocycles. The first-order valence-corrected chi connectivity index (χ1v) is 8.47. The summed E-state index contributed by atoms with van der Waals surface area (Å²) >= 11 is 0. The second kappa shape index (κ2) is 8.65. The third-order valence-electron chi connectivity index (χ3n) is 5.09. The number of pyridine rings is 1. The standard InChI is InChI=1S/C17H25N3O3.ClH/c21-14-9-13(10-14)17(12-4-6-18-7-5-12)19-15(22)11-20-8-2-1-3-16(20)23;/h1-3,8,12-14,17-18,21H,4-7,9-11H2,(H,19,22);1H. The molecule has 134 valence electrons. The van der Waals surface area contributed by atoms with Crippen molar-refractivity contribution in [1.29, 1.82) is 0 Å². The van der Waals surface area contributed by atoms with Crippen LogP contribution in [0.5, 0.6) is 0 Å². The van der Waals surface area contributed by atoms with Gasteiger partial charge >= 0.3 is 0 Å². The molecule has 0 radical (unpaired) electrons. The van der Waals surface area contributed by atoms with Crippen LogP contribution in [0.2, 0.25) is 0 Å². The minimum atomic E-state index is -0.224. The molecule has 7 heteroatoms. The lowest BCUT2D eigenvalue weighted by Gasteiger charge is -2.43. The Morgan fingerprint density at radius 1 is 1.29 bits per heavy atom. The number of aliphatic hydroxyl groups is 1. The lowest BCUT2D eigenvalue weighted by molar-refractivity contribution is -0.124. The Morgan fingerprint density at radius 2 is 2.00 bits per heavy atom. The predicted octanol–water partition coefficient (Wildman–Crippen LogP) is 0.525. The minimum absolute atomic E-state index is 0. The van der Waals surface area contributed by atoms with E-state index in [0.29, 0.717) is 11.8 Å². The molecule has 3 rings (SSSR count). The van der Waals surface area contributed by atoms with Crippen molar-refractivity contribution in [1.82, 2.24) is 15.2 Å². The van der Waals surface area contributed by atoms with Gasteiger partial charge in [0.25, 0.3) is 5.56 Å². The maximum atomic E-state index is 12.4. The van der Waals surface area contributed by atoms with Crippen LogP contribution in [0.3, 0.4) is 0 Å². The number of aromatic nitrogens is 1. The van der Waals surface area contributed by atoms with Gasteiger partial charge in [0.15, 0.2) is 0 Å². The number of nitrogens with one attached hydrogen (secondary N) is 2. The largest absolute Gasteiger partial charge is 0.393 e. The highest BCUT2D eigenvalue weighted by Gasteiger charge is 2.39. The van der Waals surface area contributed by atoms with Crippen LogP contribution < -0.4 is 16.2 Å². The van der Waals surface area contributed by atoms with Crippen LogP contribution in [0.25, 0.3) is 0 Å². The fourth-order valence-electron chi connectivity index (χ4n) is 3.72. The normalized spacial score (nSPS) is 25.2. The van der Waals surface area contributed by atoms with E-state index in [1.165, 1.54) is 10.6 Å². The summed E-state index contributed by atoms with van der Waals surface area (Å²) in [4.78, 5) is 24.1. The number of amides is 1. The van der Waals surface area contributed by atoms with Gasteiger partial charge in [0.05, 0.1) is 6.10 Å². The summed E-state index contributed by atoms with van der Waals surface area (Å²) in [6.45, 7) is 2.01. The van der Waals surface area contributed by atoms with Gasteiger partial charge in [-0.25, -0.2) is 0 Å². The Bertz CT molecular complexity index is 595. The molecule has 1 aromatic heterocycles. The molecule has 2 fully saturated rings. The van der Waals surface area contributed by atoms with E-state index in [0.717, 1.165) is 38.8 Å². The van der Waals surface area contributed by atoms with Crippen molar-refractivity contribution in [3.8, 4) is 0 Å². The lowest BCUT2D eigenvalue weighted by Crippen LogP contribution is -2.53. The fourth-order valence-corrected chi connectivity index (χ4v) is 3.72. The van der Waals surface area contributed by atoms with Gasteiger partial charge in [-0.2, -0.15) is 0 Å². The second-order valence-electron chi connectivity index (χ2n) is 6.73. The summed E-state index contributed by atoms with van der Waals surface area (Å²) in [6, 6.07) is 4.98. The molecule has 1 unspecified atom stereocenters. The van der Waals surface area contributed by atoms with Crippen LogP contribution in [-0.4, -0.2) is 40.8 Å². The Morgan fingerprint density at radius 3 is 2.62 bits per heavy atom. The van der Waals surface area contributed by atoms with E-state index >= 15 is 0 Å². The smallest absolute Gasteiger partial charge is 0.250 e. The van der Waals surface area contributed by atoms with Gasteiger partial charge in [-0.05, 0) is 56.7 Å². The number of piperidine rings is 1. The number of carbonyl (C=O) groups is 1. The van der Waals surface area contributed by atoms with Gasteiger partial charge in [-0.3, -0.25) is 9.59 Å². The van der Waals surface area contributed by atoms with Crippen LogP contribution in [0.1, 0.15) is 25.7 Å². The summed E-state index contributed by atoms with van der Waals surface area (Å²) in [5.41, 5.74) is -0.167. The highest BCUT2D eigenvalue weighted by atomic mass is 35.5. The zero-order valence-electron chi connectivity index (χ0n) is 13.7. The molecule has 1 atom stereocenters. The average Bonchev–Trinajstić information content (AvgIpc) is 2.53. The van der Waals surface area contributed by atoms with E-state index in [4.69, 9.17) is 0 Å². The minimum Gasteiger partial charge on any atom is -0.393 e. The van der Waals surface area contributed by atoms with Gasteiger partial charge < -0.3 is 20.3 Å². The summed E-state index contributed by atoms with van der Waals surface area (Å²) in [5, 5.41) is 16.1. The van der Waals surface area contributed by atoms with Gasteiger partial charge in [-0.15, -0.1) is 12.4 Å². The van der Waals surface area contributed by atoms with Crippen molar-refractivity contribution in [2.45, 2.75) is 44.4 Å². The van der Waals surface area contributed by atoms with Crippen molar-refractivity contribution < 1.29 is 9.90 Å². The summed E-state index contributed by atoms with van der Waals surface area (Å²) < 4.78 is 1.42. The van der Waals surface area contributed by atoms with Crippen LogP contribution in [0.4, 0.5) is 0 Å². The number of carbonyl (C=O) groups excluding carboxylic acids is 1. The van der Waals surface area contributed by atoms with Crippen LogP contribution in [0.15, 0.2) is 29.2 Å². The molecule has 2 aliphatic rings. The number of rotatable bonds is 5. The molecule has 24 heavy (non-hydrogen) atoms. The number of hydrogen-bond donors (Lipinski definition) is 3. The Balaban J connectivity index is 0.00000208. The van der Waals surface area contributed by atoms with E-state index in [2.05, 4.69) is 10.6 Å². The molecule has 1 saturated carbocycles. The highest BCUT2D eigenvalue weighted by molar-refractivity contribution is 5.85. The van der Waals surface area contributed by atoms with Gasteiger partial charge in [0.2, 0.25) is 5.91 Å². The number of halogens is 1. The highest BCUT2D eigenvalue weighted by Crippen LogP contribution is 2.35. The third-order valence-corrected chi connectivity index (χ3v) is 5.09. The third kappa shape index (κ3) is 4.59. The van der Waals surface area contributed by atoms with Crippen LogP contribution >= 0.6 is 12.4 Å². The maximum absolute atomic E-state index is 12.4. The molecule has 1 aromatic rings. The SMILES string of the molecule is Cl.O=C(Cn1ccccc1=O)NC(C1CCNCC1)C1CC(O)C1. The van der Waals surface area contributed by atoms with Gasteiger partial charge in [0.1, 0.15) is 6.54 Å². The number of aliphatic hydroxyl groups excluding tert-OH is 1. The molecule has 1 saturated heterocycles. The van der Waals surface area contributed by atoms with Crippen molar-refractivity contribution in [2.24, 2.45) is 11.8 Å². The topological polar surface area (TPSA) is 83.4 Å². The van der Waals surface area contributed by atoms with Crippen molar-refractivity contribution in [3.63, 3.8) is 0 Å². The van der Waals surface area contributed by atoms with Crippen molar-refractivity contribution >= 4 is 18.3 Å². The van der Waals surface area contributed by atoms with E-state index in [9.17, 15) is 14.7 Å². The average molecular weight is 356 g/mol. The number of hydrogen-bond acceptors (Lipinski definition) is 4. The molecule has 1 amide bonds. The molecular formula is C17H26ClN3O3. The fraction of sp³-hybridized carbons (Fsp3) is 0.647. The lowest BCUT2D eigenvalue weighted by atomic mass is 9.71. The predicted molar refractivity (Wildman–Crippen MR) is 94.2 cm³/mol. The Hall–Kier alpha value is -1.37. The molecule has 1 aliphatic carbocycles. The molecule has 0 bridgehead atoms. The quantitative estimate of drug-likeness (QED) is 0.719. The Kier molecular flexibility index (Phi) is 6.83. The number of nitrogens with zero attached hydrogens (tertiary/aromatic N) is 1. The zero-order valence-corrected chi connectivity index (χ0v) is 14.5. The summed E-state index contributed by atoms with van der Waals surface area (Å²) in [6.07, 6.45) is 5.03. The Labute approximate surface area is 148 Å². The van der Waals surface area contributed by atoms with E-state index < -0.39 is 0 Å². The van der Waals surface area contributed by atoms with Crippen molar-refractivity contribution in [2.75, 3.05) is 13.1 Å². The molecule has 0 aromatic carbocycles. The summed E-state index contributed by atoms with van der Waals surface area (Å²) in [7, 11) is 0. The molecule has 6 nitrogen and oxygen atoms in total. The van der Waals surface area contributed by atoms with Crippen molar-refractivity contribution in [3.05, 3.63) is 34.7 Å².